The molecule has 22 heavy (non-hydrogen) atoms. The number of nitrogens with zero attached hydrogens (tertiary/aromatic N) is 4. The molecule has 0 N–H and O–H groups in total. The van der Waals surface area contributed by atoms with Gasteiger partial charge in [0.15, 0.2) is 0 Å². The number of anilines is 1. The highest BCUT2D eigenvalue weighted by Gasteiger charge is 2.23. The molecule has 116 valence electrons. The number of rotatable bonds is 4. The molecule has 6 nitrogen and oxygen atoms in total. The summed E-state index contributed by atoms with van der Waals surface area (Å²) in [6, 6.07) is 3.99. The number of thiazole rings is 1. The quantitative estimate of drug-likeness (QED) is 0.858. The van der Waals surface area contributed by atoms with E-state index in [1.165, 1.54) is 11.3 Å². The molecule has 1 fully saturated rings. The second-order valence-electron chi connectivity index (χ2n) is 5.04. The lowest BCUT2D eigenvalue weighted by Gasteiger charge is -2.35. The van der Waals surface area contributed by atoms with Crippen LogP contribution in [0.4, 0.5) is 5.69 Å². The summed E-state index contributed by atoms with van der Waals surface area (Å²) in [5, 5.41) is 2.65. The molecule has 2 aromatic heterocycles. The Morgan fingerprint density at radius 3 is 2.68 bits per heavy atom. The maximum atomic E-state index is 12.5. The lowest BCUT2D eigenvalue weighted by Crippen LogP contribution is -2.48. The van der Waals surface area contributed by atoms with Gasteiger partial charge in [0.1, 0.15) is 10.7 Å². The normalized spacial score (nSPS) is 15.1. The smallest absolute Gasteiger partial charge is 0.273 e. The van der Waals surface area contributed by atoms with Gasteiger partial charge >= 0.3 is 0 Å². The molecular formula is C15H18N4O2S. The predicted octanol–water partition coefficient (Wildman–Crippen LogP) is 1.65. The zero-order chi connectivity index (χ0) is 15.4. The minimum atomic E-state index is 0.00739. The maximum absolute atomic E-state index is 12.5. The molecule has 0 atom stereocenters. The van der Waals surface area contributed by atoms with E-state index in [0.29, 0.717) is 25.4 Å². The summed E-state index contributed by atoms with van der Waals surface area (Å²) in [5.41, 5.74) is 1.67. The van der Waals surface area contributed by atoms with E-state index in [9.17, 15) is 4.79 Å². The van der Waals surface area contributed by atoms with Crippen molar-refractivity contribution >= 4 is 22.9 Å². The van der Waals surface area contributed by atoms with Gasteiger partial charge in [-0.25, -0.2) is 4.98 Å². The van der Waals surface area contributed by atoms with Crippen molar-refractivity contribution in [2.45, 2.75) is 6.61 Å². The summed E-state index contributed by atoms with van der Waals surface area (Å²) in [6.07, 6.45) is 3.58. The van der Waals surface area contributed by atoms with E-state index in [4.69, 9.17) is 4.74 Å². The maximum Gasteiger partial charge on any atom is 0.273 e. The van der Waals surface area contributed by atoms with Crippen molar-refractivity contribution in [3.8, 4) is 0 Å². The zero-order valence-corrected chi connectivity index (χ0v) is 13.3. The summed E-state index contributed by atoms with van der Waals surface area (Å²) in [7, 11) is 1.63. The fraction of sp³-hybridized carbons (Fsp3) is 0.400. The molecule has 7 heteroatoms. The number of hydrogen-bond acceptors (Lipinski definition) is 6. The molecule has 1 saturated heterocycles. The highest BCUT2D eigenvalue weighted by Crippen LogP contribution is 2.17. The summed E-state index contributed by atoms with van der Waals surface area (Å²) >= 11 is 1.46. The Kier molecular flexibility index (Phi) is 4.65. The lowest BCUT2D eigenvalue weighted by molar-refractivity contribution is 0.0741. The number of amides is 1. The second kappa shape index (κ2) is 6.85. The van der Waals surface area contributed by atoms with Gasteiger partial charge in [0.05, 0.1) is 6.61 Å². The van der Waals surface area contributed by atoms with Crippen LogP contribution in [0.1, 0.15) is 15.5 Å². The molecule has 1 aliphatic heterocycles. The number of hydrogen-bond donors (Lipinski definition) is 0. The molecule has 2 aromatic rings. The molecular weight excluding hydrogens is 300 g/mol. The third-order valence-corrected chi connectivity index (χ3v) is 4.46. The molecule has 0 bridgehead atoms. The summed E-state index contributed by atoms with van der Waals surface area (Å²) in [5.74, 6) is 0.00739. The predicted molar refractivity (Wildman–Crippen MR) is 85.2 cm³/mol. The average molecular weight is 318 g/mol. The molecule has 1 amide bonds. The van der Waals surface area contributed by atoms with Crippen LogP contribution in [0.2, 0.25) is 0 Å². The van der Waals surface area contributed by atoms with Gasteiger partial charge in [0.2, 0.25) is 0 Å². The standard InChI is InChI=1S/C15H18N4O2S/c1-21-10-14-17-13(11-22-14)15(20)19-8-6-18(7-9-19)12-2-4-16-5-3-12/h2-5,11H,6-10H2,1H3. The molecule has 0 saturated carbocycles. The third kappa shape index (κ3) is 3.26. The first kappa shape index (κ1) is 14.9. The van der Waals surface area contributed by atoms with E-state index in [1.54, 1.807) is 19.5 Å². The van der Waals surface area contributed by atoms with Crippen LogP contribution in [0, 0.1) is 0 Å². The Morgan fingerprint density at radius 1 is 1.27 bits per heavy atom. The van der Waals surface area contributed by atoms with E-state index < -0.39 is 0 Å². The number of piperazine rings is 1. The minimum Gasteiger partial charge on any atom is -0.378 e. The summed E-state index contributed by atoms with van der Waals surface area (Å²) < 4.78 is 5.04. The van der Waals surface area contributed by atoms with Crippen molar-refractivity contribution in [3.63, 3.8) is 0 Å². The number of carbonyl (C=O) groups excluding carboxylic acids is 1. The monoisotopic (exact) mass is 318 g/mol. The van der Waals surface area contributed by atoms with Gasteiger partial charge in [0, 0.05) is 56.7 Å². The number of pyridine rings is 1. The largest absolute Gasteiger partial charge is 0.378 e. The van der Waals surface area contributed by atoms with E-state index in [-0.39, 0.29) is 5.91 Å². The SMILES string of the molecule is COCc1nc(C(=O)N2CCN(c3ccncc3)CC2)cs1. The minimum absolute atomic E-state index is 0.00739. The van der Waals surface area contributed by atoms with Crippen molar-refractivity contribution in [3.05, 3.63) is 40.6 Å². The van der Waals surface area contributed by atoms with Gasteiger partial charge < -0.3 is 14.5 Å². The number of methoxy groups -OCH3 is 1. The molecule has 0 unspecified atom stereocenters. The van der Waals surface area contributed by atoms with Gasteiger partial charge in [-0.15, -0.1) is 11.3 Å². The zero-order valence-electron chi connectivity index (χ0n) is 12.4. The first-order valence-electron chi connectivity index (χ1n) is 7.15. The van der Waals surface area contributed by atoms with Gasteiger partial charge in [-0.05, 0) is 12.1 Å². The number of carbonyl (C=O) groups is 1. The van der Waals surface area contributed by atoms with Crippen LogP contribution in [0.5, 0.6) is 0 Å². The first-order chi connectivity index (χ1) is 10.8. The Labute approximate surface area is 133 Å². The molecule has 3 rings (SSSR count). The lowest BCUT2D eigenvalue weighted by atomic mass is 10.2. The fourth-order valence-corrected chi connectivity index (χ4v) is 3.22. The fourth-order valence-electron chi connectivity index (χ4n) is 2.48. The van der Waals surface area contributed by atoms with Crippen LogP contribution in [0.15, 0.2) is 29.9 Å². The molecule has 1 aliphatic rings. The number of aromatic nitrogens is 2. The Bertz CT molecular complexity index is 623. The van der Waals surface area contributed by atoms with Crippen LogP contribution in [0.25, 0.3) is 0 Å². The van der Waals surface area contributed by atoms with E-state index in [0.717, 1.165) is 23.8 Å². The summed E-state index contributed by atoms with van der Waals surface area (Å²) in [4.78, 5) is 25.0. The van der Waals surface area contributed by atoms with Crippen molar-refractivity contribution in [2.75, 3.05) is 38.2 Å². The second-order valence-corrected chi connectivity index (χ2v) is 5.99. The first-order valence-corrected chi connectivity index (χ1v) is 8.03. The summed E-state index contributed by atoms with van der Waals surface area (Å²) in [6.45, 7) is 3.51. The highest BCUT2D eigenvalue weighted by atomic mass is 32.1. The molecule has 0 aliphatic carbocycles. The van der Waals surface area contributed by atoms with Crippen LogP contribution >= 0.6 is 11.3 Å². The molecule has 3 heterocycles. The molecule has 0 radical (unpaired) electrons. The third-order valence-electron chi connectivity index (χ3n) is 3.63. The Balaban J connectivity index is 1.59. The topological polar surface area (TPSA) is 58.6 Å². The van der Waals surface area contributed by atoms with Gasteiger partial charge in [-0.3, -0.25) is 9.78 Å². The van der Waals surface area contributed by atoms with Gasteiger partial charge in [0.25, 0.3) is 5.91 Å². The van der Waals surface area contributed by atoms with Crippen molar-refractivity contribution in [1.82, 2.24) is 14.9 Å². The highest BCUT2D eigenvalue weighted by molar-refractivity contribution is 7.09. The van der Waals surface area contributed by atoms with E-state index in [1.807, 2.05) is 22.4 Å². The van der Waals surface area contributed by atoms with E-state index >= 15 is 0 Å². The van der Waals surface area contributed by atoms with Crippen LogP contribution in [0.3, 0.4) is 0 Å². The van der Waals surface area contributed by atoms with Crippen molar-refractivity contribution in [2.24, 2.45) is 0 Å². The van der Waals surface area contributed by atoms with Crippen molar-refractivity contribution in [1.29, 1.82) is 0 Å². The average Bonchev–Trinajstić information content (AvgIpc) is 3.04. The van der Waals surface area contributed by atoms with E-state index in [2.05, 4.69) is 14.9 Å². The van der Waals surface area contributed by atoms with Crippen LogP contribution < -0.4 is 4.90 Å². The number of ether oxygens (including phenoxy) is 1. The van der Waals surface area contributed by atoms with Gasteiger partial charge in [-0.1, -0.05) is 0 Å². The molecule has 0 aromatic carbocycles. The van der Waals surface area contributed by atoms with Crippen LogP contribution in [-0.4, -0.2) is 54.1 Å². The Hall–Kier alpha value is -1.99. The Morgan fingerprint density at radius 2 is 2.00 bits per heavy atom. The van der Waals surface area contributed by atoms with Crippen molar-refractivity contribution < 1.29 is 9.53 Å². The van der Waals surface area contributed by atoms with Crippen LogP contribution in [-0.2, 0) is 11.3 Å². The van der Waals surface area contributed by atoms with Gasteiger partial charge in [-0.2, -0.15) is 0 Å². The molecule has 0 spiro atoms.